The van der Waals surface area contributed by atoms with Gasteiger partial charge in [0.1, 0.15) is 0 Å². The number of carbonyl (C=O) groups is 2. The number of nitrogens with two attached hydrogens (primary N) is 1. The number of nitrogen functional groups attached to an aromatic ring is 1. The molecule has 3 aromatic rings. The minimum absolute atomic E-state index is 0.0253. The molecule has 0 atom stereocenters. The Labute approximate surface area is 148 Å². The van der Waals surface area contributed by atoms with Crippen LogP contribution in [0.5, 0.6) is 0 Å². The molecule has 1 heterocycles. The number of para-hydroxylation sites is 2. The van der Waals surface area contributed by atoms with Crippen molar-refractivity contribution in [3.63, 3.8) is 0 Å². The maximum Gasteiger partial charge on any atom is 0.324 e. The van der Waals surface area contributed by atoms with Crippen LogP contribution >= 0.6 is 0 Å². The Balaban J connectivity index is 2.04. The zero-order valence-electron chi connectivity index (χ0n) is 13.7. The van der Waals surface area contributed by atoms with Crippen LogP contribution in [0.3, 0.4) is 0 Å². The first-order valence-corrected chi connectivity index (χ1v) is 7.77. The van der Waals surface area contributed by atoms with E-state index in [0.717, 1.165) is 4.57 Å². The van der Waals surface area contributed by atoms with Gasteiger partial charge in [-0.05, 0) is 24.3 Å². The van der Waals surface area contributed by atoms with Gasteiger partial charge in [-0.25, -0.2) is 4.57 Å². The summed E-state index contributed by atoms with van der Waals surface area (Å²) in [4.78, 5) is 47.9. The van der Waals surface area contributed by atoms with Crippen LogP contribution in [0.25, 0.3) is 5.69 Å². The molecule has 0 saturated heterocycles. The third-order valence-corrected chi connectivity index (χ3v) is 3.93. The predicted molar refractivity (Wildman–Crippen MR) is 97.5 cm³/mol. The maximum atomic E-state index is 12.9. The number of aromatic nitrogens is 1. The highest BCUT2D eigenvalue weighted by Crippen LogP contribution is 2.23. The SMILES string of the molecule is C=CCNC(=O)c1cccc(C(=O)c2ccccc2-n2c(=O)c2=O)c1N. The summed E-state index contributed by atoms with van der Waals surface area (Å²) in [5, 5.41) is 2.60. The smallest absolute Gasteiger partial charge is 0.324 e. The minimum Gasteiger partial charge on any atom is -0.397 e. The van der Waals surface area contributed by atoms with E-state index in [0.29, 0.717) is 0 Å². The summed E-state index contributed by atoms with van der Waals surface area (Å²) in [6.45, 7) is 3.78. The number of carbonyl (C=O) groups excluding carboxylic acids is 2. The van der Waals surface area contributed by atoms with E-state index in [1.54, 1.807) is 18.2 Å². The molecule has 130 valence electrons. The molecule has 0 fully saturated rings. The van der Waals surface area contributed by atoms with Crippen LogP contribution in [-0.4, -0.2) is 22.8 Å². The molecular formula is C19H15N3O4. The number of anilines is 1. The number of rotatable bonds is 6. The van der Waals surface area contributed by atoms with Crippen molar-refractivity contribution in [3.05, 3.63) is 92.5 Å². The highest BCUT2D eigenvalue weighted by Gasteiger charge is 2.25. The molecule has 7 heteroatoms. The van der Waals surface area contributed by atoms with Gasteiger partial charge in [0.05, 0.1) is 16.9 Å². The molecule has 2 aromatic carbocycles. The van der Waals surface area contributed by atoms with Crippen LogP contribution in [0.1, 0.15) is 26.3 Å². The van der Waals surface area contributed by atoms with E-state index < -0.39 is 22.8 Å². The normalized spacial score (nSPS) is 10.6. The fourth-order valence-electron chi connectivity index (χ4n) is 2.58. The predicted octanol–water partition coefficient (Wildman–Crippen LogP) is 0.802. The lowest BCUT2D eigenvalue weighted by atomic mass is 9.97. The molecule has 3 N–H and O–H groups in total. The van der Waals surface area contributed by atoms with Gasteiger partial charge in [0.25, 0.3) is 5.91 Å². The number of nitrogens with zero attached hydrogens (tertiary/aromatic N) is 1. The topological polar surface area (TPSA) is 111 Å². The Kier molecular flexibility index (Phi) is 4.36. The molecule has 1 aromatic heterocycles. The van der Waals surface area contributed by atoms with Crippen molar-refractivity contribution < 1.29 is 9.59 Å². The van der Waals surface area contributed by atoms with Crippen LogP contribution in [0, 0.1) is 0 Å². The molecule has 0 saturated carbocycles. The second kappa shape index (κ2) is 6.64. The first kappa shape index (κ1) is 17.1. The second-order valence-corrected chi connectivity index (χ2v) is 5.56. The van der Waals surface area contributed by atoms with E-state index in [1.807, 2.05) is 0 Å². The van der Waals surface area contributed by atoms with E-state index in [-0.39, 0.29) is 34.6 Å². The quantitative estimate of drug-likeness (QED) is 0.296. The molecule has 26 heavy (non-hydrogen) atoms. The molecule has 3 rings (SSSR count). The van der Waals surface area contributed by atoms with Crippen LogP contribution in [-0.2, 0) is 0 Å². The average molecular weight is 349 g/mol. The molecule has 0 unspecified atom stereocenters. The van der Waals surface area contributed by atoms with Gasteiger partial charge < -0.3 is 11.1 Å². The monoisotopic (exact) mass is 349 g/mol. The fourth-order valence-corrected chi connectivity index (χ4v) is 2.58. The Hall–Kier alpha value is -3.74. The molecule has 1 amide bonds. The molecule has 0 aliphatic carbocycles. The van der Waals surface area contributed by atoms with Crippen LogP contribution in [0.15, 0.2) is 64.7 Å². The lowest BCUT2D eigenvalue weighted by molar-refractivity contribution is 0.0959. The number of benzene rings is 2. The van der Waals surface area contributed by atoms with Gasteiger partial charge in [-0.15, -0.1) is 6.58 Å². The van der Waals surface area contributed by atoms with E-state index >= 15 is 0 Å². The van der Waals surface area contributed by atoms with Gasteiger partial charge in [0.2, 0.25) is 0 Å². The van der Waals surface area contributed by atoms with Gasteiger partial charge in [-0.2, -0.15) is 0 Å². The average Bonchev–Trinajstić information content (AvgIpc) is 3.25. The zero-order chi connectivity index (χ0) is 18.8. The summed E-state index contributed by atoms with van der Waals surface area (Å²) in [6, 6.07) is 10.8. The Morgan fingerprint density at radius 3 is 2.27 bits per heavy atom. The fraction of sp³-hybridized carbons (Fsp3) is 0.0526. The van der Waals surface area contributed by atoms with Crippen LogP contribution in [0.2, 0.25) is 0 Å². The number of nitrogens with one attached hydrogen (secondary N) is 1. The van der Waals surface area contributed by atoms with Crippen molar-refractivity contribution in [1.29, 1.82) is 0 Å². The zero-order valence-corrected chi connectivity index (χ0v) is 13.7. The maximum absolute atomic E-state index is 12.9. The summed E-state index contributed by atoms with van der Waals surface area (Å²) < 4.78 is 0.921. The molecule has 0 spiro atoms. The lowest BCUT2D eigenvalue weighted by Gasteiger charge is -2.11. The summed E-state index contributed by atoms with van der Waals surface area (Å²) in [5.74, 6) is -0.911. The van der Waals surface area contributed by atoms with Gasteiger partial charge in [0.15, 0.2) is 5.78 Å². The third kappa shape index (κ3) is 2.86. The molecule has 0 bridgehead atoms. The number of amides is 1. The molecule has 0 aliphatic heterocycles. The Morgan fingerprint density at radius 1 is 1.00 bits per heavy atom. The Bertz CT molecular complexity index is 1080. The number of ketones is 1. The van der Waals surface area contributed by atoms with Crippen LogP contribution in [0.4, 0.5) is 5.69 Å². The van der Waals surface area contributed by atoms with Crippen molar-refractivity contribution >= 4 is 17.4 Å². The Morgan fingerprint density at radius 2 is 1.62 bits per heavy atom. The minimum atomic E-state index is -0.671. The second-order valence-electron chi connectivity index (χ2n) is 5.56. The highest BCUT2D eigenvalue weighted by atomic mass is 16.2. The first-order valence-electron chi connectivity index (χ1n) is 7.77. The number of hydrogen-bond donors (Lipinski definition) is 2. The first-order chi connectivity index (χ1) is 12.5. The van der Waals surface area contributed by atoms with E-state index in [1.165, 1.54) is 30.3 Å². The van der Waals surface area contributed by atoms with Gasteiger partial charge >= 0.3 is 11.1 Å². The van der Waals surface area contributed by atoms with Crippen molar-refractivity contribution in [1.82, 2.24) is 9.88 Å². The third-order valence-electron chi connectivity index (χ3n) is 3.93. The molecular weight excluding hydrogens is 334 g/mol. The van der Waals surface area contributed by atoms with E-state index in [4.69, 9.17) is 5.73 Å². The summed E-state index contributed by atoms with van der Waals surface area (Å²) >= 11 is 0. The van der Waals surface area contributed by atoms with E-state index in [2.05, 4.69) is 11.9 Å². The van der Waals surface area contributed by atoms with Crippen molar-refractivity contribution in [2.24, 2.45) is 0 Å². The van der Waals surface area contributed by atoms with Crippen molar-refractivity contribution in [3.8, 4) is 5.69 Å². The van der Waals surface area contributed by atoms with Crippen molar-refractivity contribution in [2.45, 2.75) is 0 Å². The van der Waals surface area contributed by atoms with Gasteiger partial charge in [0, 0.05) is 17.7 Å². The standard InChI is InChI=1S/C19H15N3O4/c1-2-10-21-17(24)13-8-5-7-12(15(13)20)16(23)11-6-3-4-9-14(11)22-18(25)19(22)26/h2-9H,1,10,20H2,(H,21,24). The largest absolute Gasteiger partial charge is 0.397 e. The van der Waals surface area contributed by atoms with Gasteiger partial charge in [-0.1, -0.05) is 24.3 Å². The molecule has 0 radical (unpaired) electrons. The highest BCUT2D eigenvalue weighted by molar-refractivity contribution is 6.16. The van der Waals surface area contributed by atoms with E-state index in [9.17, 15) is 19.2 Å². The van der Waals surface area contributed by atoms with Crippen LogP contribution < -0.4 is 22.2 Å². The lowest BCUT2D eigenvalue weighted by Crippen LogP contribution is -2.25. The number of hydrogen-bond acceptors (Lipinski definition) is 5. The molecule has 7 nitrogen and oxygen atoms in total. The summed E-state index contributed by atoms with van der Waals surface area (Å²) in [7, 11) is 0. The van der Waals surface area contributed by atoms with Crippen molar-refractivity contribution in [2.75, 3.05) is 12.3 Å². The summed E-state index contributed by atoms with van der Waals surface area (Å²) in [6.07, 6.45) is 1.53. The summed E-state index contributed by atoms with van der Waals surface area (Å²) in [5.41, 5.74) is 5.35. The molecule has 0 aliphatic rings. The van der Waals surface area contributed by atoms with Gasteiger partial charge in [-0.3, -0.25) is 19.2 Å².